The quantitative estimate of drug-likeness (QED) is 0.250. The van der Waals surface area contributed by atoms with Gasteiger partial charge in [-0.3, -0.25) is 9.59 Å². The van der Waals surface area contributed by atoms with Gasteiger partial charge in [0.25, 0.3) is 0 Å². The fourth-order valence-corrected chi connectivity index (χ4v) is 2.41. The minimum atomic E-state index is 0.0919. The molecule has 0 aliphatic carbocycles. The summed E-state index contributed by atoms with van der Waals surface area (Å²) in [5.74, 6) is 0.184. The van der Waals surface area contributed by atoms with Crippen LogP contribution in [0.15, 0.2) is 24.3 Å². The Labute approximate surface area is 166 Å². The molecule has 0 radical (unpaired) electrons. The average molecular weight is 380 g/mol. The van der Waals surface area contributed by atoms with Gasteiger partial charge in [0.15, 0.2) is 0 Å². The van der Waals surface area contributed by atoms with Gasteiger partial charge >= 0.3 is 0 Å². The van der Waals surface area contributed by atoms with Crippen LogP contribution in [0.1, 0.15) is 78.1 Å². The van der Waals surface area contributed by atoms with Gasteiger partial charge in [-0.25, -0.2) is 0 Å². The van der Waals surface area contributed by atoms with Crippen molar-refractivity contribution in [3.63, 3.8) is 0 Å². The van der Waals surface area contributed by atoms with Crippen LogP contribution in [0.4, 0.5) is 0 Å². The largest absolute Gasteiger partial charge is 0.356 e. The molecule has 0 spiro atoms. The first-order chi connectivity index (χ1) is 13.2. The maximum atomic E-state index is 11.6. The van der Waals surface area contributed by atoms with Gasteiger partial charge in [-0.05, 0) is 38.8 Å². The topological polar surface area (TPSA) is 70.2 Å². The number of hydrogen-bond acceptors (Lipinski definition) is 3. The maximum Gasteiger partial charge on any atom is 0.223 e. The number of unbranched alkanes of at least 4 members (excludes halogenated alkanes) is 4. The lowest BCUT2D eigenvalue weighted by Gasteiger charge is -2.07. The molecule has 0 aromatic rings. The number of carbonyl (C=O) groups excluding carboxylic acids is 2. The molecular formula is C22H41N3O2. The molecule has 0 saturated carbocycles. The van der Waals surface area contributed by atoms with E-state index in [1.54, 1.807) is 0 Å². The van der Waals surface area contributed by atoms with E-state index in [0.717, 1.165) is 38.8 Å². The molecule has 5 heteroatoms. The van der Waals surface area contributed by atoms with Crippen LogP contribution >= 0.6 is 0 Å². The van der Waals surface area contributed by atoms with E-state index in [1.807, 2.05) is 12.2 Å². The van der Waals surface area contributed by atoms with Crippen molar-refractivity contribution in [2.24, 2.45) is 0 Å². The Morgan fingerprint density at radius 2 is 1.07 bits per heavy atom. The van der Waals surface area contributed by atoms with Crippen molar-refractivity contribution in [1.29, 1.82) is 0 Å². The van der Waals surface area contributed by atoms with Crippen LogP contribution in [0, 0.1) is 0 Å². The van der Waals surface area contributed by atoms with E-state index in [-0.39, 0.29) is 11.8 Å². The van der Waals surface area contributed by atoms with Crippen molar-refractivity contribution in [3.8, 4) is 0 Å². The zero-order valence-corrected chi connectivity index (χ0v) is 17.5. The van der Waals surface area contributed by atoms with Crippen LogP contribution in [-0.2, 0) is 9.59 Å². The number of carbonyl (C=O) groups is 2. The molecule has 0 aromatic heterocycles. The molecule has 0 fully saturated rings. The first kappa shape index (κ1) is 25.4. The Morgan fingerprint density at radius 1 is 0.630 bits per heavy atom. The summed E-state index contributed by atoms with van der Waals surface area (Å²) in [6.07, 6.45) is 17.7. The molecule has 156 valence electrons. The Morgan fingerprint density at radius 3 is 1.48 bits per heavy atom. The fraction of sp³-hybridized carbons (Fsp3) is 0.727. The van der Waals surface area contributed by atoms with Gasteiger partial charge in [-0.15, -0.1) is 0 Å². The van der Waals surface area contributed by atoms with E-state index >= 15 is 0 Å². The predicted octanol–water partition coefficient (Wildman–Crippen LogP) is 3.86. The number of hydrogen-bond donors (Lipinski definition) is 3. The summed E-state index contributed by atoms with van der Waals surface area (Å²) in [5.41, 5.74) is 0. The van der Waals surface area contributed by atoms with Crippen LogP contribution in [0.2, 0.25) is 0 Å². The monoisotopic (exact) mass is 379 g/mol. The van der Waals surface area contributed by atoms with Crippen LogP contribution in [0.25, 0.3) is 0 Å². The van der Waals surface area contributed by atoms with Crippen molar-refractivity contribution in [1.82, 2.24) is 16.0 Å². The van der Waals surface area contributed by atoms with Gasteiger partial charge in [0, 0.05) is 25.9 Å². The number of allylic oxidation sites excluding steroid dienone is 2. The first-order valence-corrected chi connectivity index (χ1v) is 10.7. The Balaban J connectivity index is 3.35. The lowest BCUT2D eigenvalue weighted by atomic mass is 10.2. The summed E-state index contributed by atoms with van der Waals surface area (Å²) >= 11 is 0. The van der Waals surface area contributed by atoms with Crippen molar-refractivity contribution >= 4 is 11.8 Å². The molecule has 0 unspecified atom stereocenters. The van der Waals surface area contributed by atoms with Crippen molar-refractivity contribution in [3.05, 3.63) is 24.3 Å². The normalized spacial score (nSPS) is 11.3. The highest BCUT2D eigenvalue weighted by Gasteiger charge is 1.98. The van der Waals surface area contributed by atoms with E-state index in [1.165, 1.54) is 25.7 Å². The third-order valence-corrected chi connectivity index (χ3v) is 4.09. The Bertz CT molecular complexity index is 382. The summed E-state index contributed by atoms with van der Waals surface area (Å²) in [6.45, 7) is 7.49. The molecule has 0 aliphatic heterocycles. The molecule has 3 N–H and O–H groups in total. The van der Waals surface area contributed by atoms with E-state index < -0.39 is 0 Å². The maximum absolute atomic E-state index is 11.6. The second-order valence-electron chi connectivity index (χ2n) is 6.79. The van der Waals surface area contributed by atoms with Crippen LogP contribution in [-0.4, -0.2) is 38.0 Å². The number of rotatable bonds is 18. The molecule has 0 rings (SSSR count). The van der Waals surface area contributed by atoms with Crippen molar-refractivity contribution < 1.29 is 9.59 Å². The molecule has 5 nitrogen and oxygen atoms in total. The van der Waals surface area contributed by atoms with Gasteiger partial charge in [0.05, 0.1) is 0 Å². The van der Waals surface area contributed by atoms with Gasteiger partial charge < -0.3 is 16.0 Å². The highest BCUT2D eigenvalue weighted by atomic mass is 16.2. The molecule has 2 amide bonds. The van der Waals surface area contributed by atoms with Crippen molar-refractivity contribution in [2.75, 3.05) is 26.2 Å². The minimum absolute atomic E-state index is 0.0919. The summed E-state index contributed by atoms with van der Waals surface area (Å²) in [5, 5.41) is 9.19. The zero-order chi connectivity index (χ0) is 20.0. The van der Waals surface area contributed by atoms with E-state index in [9.17, 15) is 9.59 Å². The molecular weight excluding hydrogens is 338 g/mol. The number of amides is 2. The average Bonchev–Trinajstić information content (AvgIpc) is 2.66. The van der Waals surface area contributed by atoms with Crippen LogP contribution in [0.3, 0.4) is 0 Å². The number of nitrogens with one attached hydrogen (secondary N) is 3. The lowest BCUT2D eigenvalue weighted by Crippen LogP contribution is -2.29. The molecule has 0 aromatic carbocycles. The van der Waals surface area contributed by atoms with Gasteiger partial charge in [0.1, 0.15) is 0 Å². The molecule has 0 heterocycles. The third kappa shape index (κ3) is 20.5. The second kappa shape index (κ2) is 20.7. The highest BCUT2D eigenvalue weighted by molar-refractivity contribution is 5.77. The van der Waals surface area contributed by atoms with E-state index in [4.69, 9.17) is 0 Å². The Hall–Kier alpha value is -1.62. The zero-order valence-electron chi connectivity index (χ0n) is 17.5. The third-order valence-electron chi connectivity index (χ3n) is 4.09. The smallest absolute Gasteiger partial charge is 0.223 e. The van der Waals surface area contributed by atoms with Gasteiger partial charge in [-0.2, -0.15) is 0 Å². The molecule has 0 aliphatic rings. The summed E-state index contributed by atoms with van der Waals surface area (Å²) in [7, 11) is 0. The van der Waals surface area contributed by atoms with E-state index in [2.05, 4.69) is 41.9 Å². The Kier molecular flexibility index (Phi) is 19.4. The SMILES string of the molecule is CCCC/C=C/CC(=O)NCCCNCCCNC(=O)C/C=C/CCCC. The highest BCUT2D eigenvalue weighted by Crippen LogP contribution is 1.97. The molecule has 0 bridgehead atoms. The summed E-state index contributed by atoms with van der Waals surface area (Å²) in [6, 6.07) is 0. The predicted molar refractivity (Wildman–Crippen MR) is 115 cm³/mol. The van der Waals surface area contributed by atoms with Crippen molar-refractivity contribution in [2.45, 2.75) is 78.1 Å². The molecule has 0 saturated heterocycles. The second-order valence-corrected chi connectivity index (χ2v) is 6.79. The minimum Gasteiger partial charge on any atom is -0.356 e. The lowest BCUT2D eigenvalue weighted by molar-refractivity contribution is -0.121. The van der Waals surface area contributed by atoms with Crippen LogP contribution in [0.5, 0.6) is 0 Å². The van der Waals surface area contributed by atoms with Gasteiger partial charge in [-0.1, -0.05) is 63.8 Å². The first-order valence-electron chi connectivity index (χ1n) is 10.7. The van der Waals surface area contributed by atoms with Gasteiger partial charge in [0.2, 0.25) is 11.8 Å². The summed E-state index contributed by atoms with van der Waals surface area (Å²) < 4.78 is 0. The fourth-order valence-electron chi connectivity index (χ4n) is 2.41. The van der Waals surface area contributed by atoms with Crippen LogP contribution < -0.4 is 16.0 Å². The molecule has 0 atom stereocenters. The summed E-state index contributed by atoms with van der Waals surface area (Å²) in [4.78, 5) is 23.2. The molecule has 27 heavy (non-hydrogen) atoms. The standard InChI is InChI=1S/C22H41N3O2/c1-3-5-7-9-11-15-21(26)24-19-13-17-23-18-14-20-25-22(27)16-12-10-8-6-4-2/h9-12,23H,3-8,13-20H2,1-2H3,(H,24,26)(H,25,27)/b11-9+,12-10+. The van der Waals surface area contributed by atoms with E-state index in [0.29, 0.717) is 25.9 Å².